The third-order valence-corrected chi connectivity index (χ3v) is 5.23. The van der Waals surface area contributed by atoms with Crippen molar-refractivity contribution in [3.63, 3.8) is 0 Å². The first-order chi connectivity index (χ1) is 13.2. The molecule has 2 aliphatic heterocycles. The minimum atomic E-state index is -0.0154. The molecule has 1 amide bonds. The molecule has 1 saturated heterocycles. The van der Waals surface area contributed by atoms with Crippen LogP contribution in [0, 0.1) is 18.8 Å². The van der Waals surface area contributed by atoms with Gasteiger partial charge in [0.1, 0.15) is 18.2 Å². The molecule has 4 rings (SSSR count). The normalized spacial score (nSPS) is 23.3. The van der Waals surface area contributed by atoms with Crippen LogP contribution in [0.4, 0.5) is 0 Å². The van der Waals surface area contributed by atoms with Gasteiger partial charge in [-0.15, -0.1) is 0 Å². The van der Waals surface area contributed by atoms with Gasteiger partial charge in [0.05, 0.1) is 19.3 Å². The van der Waals surface area contributed by atoms with Crippen molar-refractivity contribution >= 4 is 5.91 Å². The number of amides is 1. The van der Waals surface area contributed by atoms with E-state index < -0.39 is 0 Å². The zero-order valence-electron chi connectivity index (χ0n) is 15.5. The Kier molecular flexibility index (Phi) is 4.94. The lowest BCUT2D eigenvalue weighted by Crippen LogP contribution is -2.37. The van der Waals surface area contributed by atoms with Crippen molar-refractivity contribution in [2.75, 3.05) is 33.5 Å². The molecule has 1 fully saturated rings. The Hall–Kier alpha value is -2.67. The van der Waals surface area contributed by atoms with Gasteiger partial charge in [0.15, 0.2) is 0 Å². The van der Waals surface area contributed by atoms with E-state index in [1.54, 1.807) is 19.4 Å². The number of benzene rings is 1. The second-order valence-electron chi connectivity index (χ2n) is 6.95. The van der Waals surface area contributed by atoms with Gasteiger partial charge in [-0.1, -0.05) is 18.2 Å². The first-order valence-electron chi connectivity index (χ1n) is 9.10. The fraction of sp³-hybridized carbons (Fsp3) is 0.450. The van der Waals surface area contributed by atoms with Crippen molar-refractivity contribution in [3.05, 3.63) is 47.9 Å². The molecule has 0 radical (unpaired) electrons. The molecule has 7 heteroatoms. The quantitative estimate of drug-likeness (QED) is 0.803. The molecule has 2 aliphatic rings. The first-order valence-corrected chi connectivity index (χ1v) is 9.10. The van der Waals surface area contributed by atoms with Gasteiger partial charge in [0.2, 0.25) is 11.8 Å². The topological polar surface area (TPSA) is 73.8 Å². The second-order valence-corrected chi connectivity index (χ2v) is 6.95. The molecule has 0 N–H and O–H groups in total. The third-order valence-electron chi connectivity index (χ3n) is 5.23. The van der Waals surface area contributed by atoms with Crippen LogP contribution in [-0.4, -0.2) is 54.3 Å². The lowest BCUT2D eigenvalue weighted by molar-refractivity contribution is -0.136. The number of ether oxygens (including phenoxy) is 3. The number of fused-ring (bicyclic) bond motifs is 3. The van der Waals surface area contributed by atoms with E-state index in [0.29, 0.717) is 31.5 Å². The highest BCUT2D eigenvalue weighted by Crippen LogP contribution is 2.47. The summed E-state index contributed by atoms with van der Waals surface area (Å²) >= 11 is 0. The molecule has 3 atom stereocenters. The molecular formula is C20H23N3O4. The summed E-state index contributed by atoms with van der Waals surface area (Å²) in [5, 5.41) is 0. The summed E-state index contributed by atoms with van der Waals surface area (Å²) in [6.45, 7) is 3.55. The summed E-state index contributed by atoms with van der Waals surface area (Å²) in [6, 6.07) is 9.66. The Bertz CT molecular complexity index is 828. The molecule has 7 nitrogen and oxygen atoms in total. The van der Waals surface area contributed by atoms with Gasteiger partial charge in [-0.25, -0.2) is 4.98 Å². The van der Waals surface area contributed by atoms with Gasteiger partial charge in [0, 0.05) is 43.3 Å². The number of aromatic nitrogens is 2. The fourth-order valence-electron chi connectivity index (χ4n) is 4.01. The molecule has 0 aliphatic carbocycles. The SMILES string of the molecule is COCC(=O)N1C[C@@H](COc2ccnc(C)n2)[C@@H]2COc3ccccc3[C@@H]21. The molecule has 2 aromatic rings. The molecule has 1 aromatic heterocycles. The van der Waals surface area contributed by atoms with Crippen LogP contribution in [0.1, 0.15) is 17.4 Å². The smallest absolute Gasteiger partial charge is 0.249 e. The van der Waals surface area contributed by atoms with E-state index in [-0.39, 0.29) is 30.4 Å². The molecule has 0 spiro atoms. The number of para-hydroxylation sites is 1. The van der Waals surface area contributed by atoms with E-state index in [0.717, 1.165) is 11.3 Å². The van der Waals surface area contributed by atoms with E-state index in [4.69, 9.17) is 14.2 Å². The highest BCUT2D eigenvalue weighted by atomic mass is 16.5. The van der Waals surface area contributed by atoms with Gasteiger partial charge in [-0.2, -0.15) is 4.98 Å². The molecular weight excluding hydrogens is 346 g/mol. The monoisotopic (exact) mass is 369 g/mol. The van der Waals surface area contributed by atoms with Crippen LogP contribution in [0.3, 0.4) is 0 Å². The highest BCUT2D eigenvalue weighted by molar-refractivity contribution is 5.78. The minimum absolute atomic E-state index is 0.00964. The van der Waals surface area contributed by atoms with E-state index in [9.17, 15) is 4.79 Å². The number of hydrogen-bond acceptors (Lipinski definition) is 6. The molecule has 3 heterocycles. The number of nitrogens with zero attached hydrogens (tertiary/aromatic N) is 3. The zero-order valence-corrected chi connectivity index (χ0v) is 15.5. The summed E-state index contributed by atoms with van der Waals surface area (Å²) in [6.07, 6.45) is 1.68. The lowest BCUT2D eigenvalue weighted by Gasteiger charge is -2.34. The van der Waals surface area contributed by atoms with Crippen LogP contribution in [0.2, 0.25) is 0 Å². The summed E-state index contributed by atoms with van der Waals surface area (Å²) in [5.41, 5.74) is 1.05. The number of carbonyl (C=O) groups is 1. The summed E-state index contributed by atoms with van der Waals surface area (Å²) in [7, 11) is 1.54. The van der Waals surface area contributed by atoms with E-state index in [1.165, 1.54) is 0 Å². The summed E-state index contributed by atoms with van der Waals surface area (Å²) in [5.74, 6) is 2.39. The average molecular weight is 369 g/mol. The zero-order chi connectivity index (χ0) is 18.8. The predicted molar refractivity (Wildman–Crippen MR) is 97.5 cm³/mol. The molecule has 142 valence electrons. The van der Waals surface area contributed by atoms with Gasteiger partial charge in [-0.05, 0) is 13.0 Å². The van der Waals surface area contributed by atoms with Gasteiger partial charge in [-0.3, -0.25) is 4.79 Å². The Morgan fingerprint density at radius 1 is 1.33 bits per heavy atom. The maximum Gasteiger partial charge on any atom is 0.249 e. The van der Waals surface area contributed by atoms with Crippen molar-refractivity contribution in [1.82, 2.24) is 14.9 Å². The number of carbonyl (C=O) groups excluding carboxylic acids is 1. The molecule has 0 unspecified atom stereocenters. The second kappa shape index (κ2) is 7.52. The standard InChI is InChI=1S/C20H23N3O4/c1-13-21-8-7-18(22-13)27-10-14-9-23(19(24)12-25-2)20-15-5-3-4-6-17(15)26-11-16(14)20/h3-8,14,16,20H,9-12H2,1-2H3/t14-,16-,20-/m0/s1. The van der Waals surface area contributed by atoms with Gasteiger partial charge < -0.3 is 19.1 Å². The number of rotatable bonds is 5. The maximum absolute atomic E-state index is 12.7. The number of methoxy groups -OCH3 is 1. The molecule has 1 aromatic carbocycles. The Labute approximate surface area is 158 Å². The van der Waals surface area contributed by atoms with Crippen molar-refractivity contribution in [2.45, 2.75) is 13.0 Å². The maximum atomic E-state index is 12.7. The van der Waals surface area contributed by atoms with E-state index in [2.05, 4.69) is 9.97 Å². The van der Waals surface area contributed by atoms with Crippen LogP contribution >= 0.6 is 0 Å². The third kappa shape index (κ3) is 3.47. The Morgan fingerprint density at radius 2 is 2.19 bits per heavy atom. The number of aryl methyl sites for hydroxylation is 1. The molecule has 0 bridgehead atoms. The van der Waals surface area contributed by atoms with Crippen LogP contribution in [0.5, 0.6) is 11.6 Å². The van der Waals surface area contributed by atoms with Crippen molar-refractivity contribution in [2.24, 2.45) is 11.8 Å². The number of likely N-dealkylation sites (tertiary alicyclic amines) is 1. The van der Waals surface area contributed by atoms with E-state index in [1.807, 2.05) is 36.1 Å². The average Bonchev–Trinajstić information content (AvgIpc) is 3.06. The minimum Gasteiger partial charge on any atom is -0.493 e. The largest absolute Gasteiger partial charge is 0.493 e. The van der Waals surface area contributed by atoms with Gasteiger partial charge >= 0.3 is 0 Å². The van der Waals surface area contributed by atoms with Gasteiger partial charge in [0.25, 0.3) is 0 Å². The highest BCUT2D eigenvalue weighted by Gasteiger charge is 2.48. The lowest BCUT2D eigenvalue weighted by atomic mass is 9.85. The Morgan fingerprint density at radius 3 is 3.00 bits per heavy atom. The van der Waals surface area contributed by atoms with Crippen LogP contribution in [0.25, 0.3) is 0 Å². The van der Waals surface area contributed by atoms with Crippen molar-refractivity contribution in [1.29, 1.82) is 0 Å². The van der Waals surface area contributed by atoms with Crippen molar-refractivity contribution < 1.29 is 19.0 Å². The Balaban J connectivity index is 1.57. The van der Waals surface area contributed by atoms with Crippen LogP contribution in [-0.2, 0) is 9.53 Å². The first kappa shape index (κ1) is 17.7. The summed E-state index contributed by atoms with van der Waals surface area (Å²) in [4.78, 5) is 23.0. The van der Waals surface area contributed by atoms with E-state index >= 15 is 0 Å². The summed E-state index contributed by atoms with van der Waals surface area (Å²) < 4.78 is 17.0. The fourth-order valence-corrected chi connectivity index (χ4v) is 4.01. The van der Waals surface area contributed by atoms with Crippen molar-refractivity contribution in [3.8, 4) is 11.6 Å². The molecule has 0 saturated carbocycles. The van der Waals surface area contributed by atoms with Crippen LogP contribution in [0.15, 0.2) is 36.5 Å². The van der Waals surface area contributed by atoms with Crippen LogP contribution < -0.4 is 9.47 Å². The predicted octanol–water partition coefficient (Wildman–Crippen LogP) is 2.02. The number of hydrogen-bond donors (Lipinski definition) is 0. The molecule has 27 heavy (non-hydrogen) atoms.